The van der Waals surface area contributed by atoms with E-state index in [-0.39, 0.29) is 0 Å². The quantitative estimate of drug-likeness (QED) is 0.889. The molecule has 1 aliphatic heterocycles. The van der Waals surface area contributed by atoms with Crippen molar-refractivity contribution in [3.63, 3.8) is 0 Å². The SMILES string of the molecule is O[C@@H](COc1ccc(-c2ccccc2)cc1)CN1CCCC1. The van der Waals surface area contributed by atoms with Gasteiger partial charge >= 0.3 is 0 Å². The molecule has 0 unspecified atom stereocenters. The lowest BCUT2D eigenvalue weighted by Gasteiger charge is -2.19. The zero-order valence-electron chi connectivity index (χ0n) is 12.8. The lowest BCUT2D eigenvalue weighted by Crippen LogP contribution is -2.33. The Hall–Kier alpha value is -1.84. The zero-order chi connectivity index (χ0) is 15.2. The van der Waals surface area contributed by atoms with Crippen molar-refractivity contribution in [2.45, 2.75) is 18.9 Å². The minimum Gasteiger partial charge on any atom is -0.491 e. The molecule has 2 aromatic rings. The van der Waals surface area contributed by atoms with E-state index in [2.05, 4.69) is 29.2 Å². The number of hydrogen-bond acceptors (Lipinski definition) is 3. The summed E-state index contributed by atoms with van der Waals surface area (Å²) in [7, 11) is 0. The van der Waals surface area contributed by atoms with Gasteiger partial charge in [-0.25, -0.2) is 0 Å². The van der Waals surface area contributed by atoms with Crippen LogP contribution in [0.5, 0.6) is 5.75 Å². The van der Waals surface area contributed by atoms with E-state index >= 15 is 0 Å². The standard InChI is InChI=1S/C19H23NO2/c21-18(14-20-12-4-5-13-20)15-22-19-10-8-17(9-11-19)16-6-2-1-3-7-16/h1-3,6-11,18,21H,4-5,12-15H2/t18-/m1/s1. The minimum atomic E-state index is -0.424. The van der Waals surface area contributed by atoms with E-state index in [0.29, 0.717) is 13.2 Å². The average molecular weight is 297 g/mol. The molecule has 1 N–H and O–H groups in total. The first-order chi connectivity index (χ1) is 10.8. The summed E-state index contributed by atoms with van der Waals surface area (Å²) in [6.07, 6.45) is 2.06. The van der Waals surface area contributed by atoms with Crippen molar-refractivity contribution in [1.82, 2.24) is 4.90 Å². The highest BCUT2D eigenvalue weighted by atomic mass is 16.5. The molecule has 1 aliphatic rings. The third-order valence-corrected chi connectivity index (χ3v) is 4.07. The minimum absolute atomic E-state index is 0.348. The first kappa shape index (κ1) is 15.1. The molecule has 0 bridgehead atoms. The van der Waals surface area contributed by atoms with Crippen molar-refractivity contribution in [1.29, 1.82) is 0 Å². The van der Waals surface area contributed by atoms with Crippen molar-refractivity contribution in [2.24, 2.45) is 0 Å². The fourth-order valence-electron chi connectivity index (χ4n) is 2.88. The van der Waals surface area contributed by atoms with Crippen molar-refractivity contribution < 1.29 is 9.84 Å². The number of aliphatic hydroxyl groups is 1. The van der Waals surface area contributed by atoms with E-state index in [1.165, 1.54) is 24.0 Å². The summed E-state index contributed by atoms with van der Waals surface area (Å²) < 4.78 is 5.69. The lowest BCUT2D eigenvalue weighted by molar-refractivity contribution is 0.0758. The molecule has 3 nitrogen and oxygen atoms in total. The summed E-state index contributed by atoms with van der Waals surface area (Å²) in [6, 6.07) is 18.3. The maximum absolute atomic E-state index is 10.0. The first-order valence-electron chi connectivity index (χ1n) is 8.00. The van der Waals surface area contributed by atoms with E-state index in [4.69, 9.17) is 4.74 Å². The van der Waals surface area contributed by atoms with E-state index < -0.39 is 6.10 Å². The van der Waals surface area contributed by atoms with Gasteiger partial charge in [-0.2, -0.15) is 0 Å². The van der Waals surface area contributed by atoms with Gasteiger partial charge in [0.2, 0.25) is 0 Å². The monoisotopic (exact) mass is 297 g/mol. The molecule has 1 atom stereocenters. The topological polar surface area (TPSA) is 32.7 Å². The van der Waals surface area contributed by atoms with Crippen LogP contribution in [0.4, 0.5) is 0 Å². The molecule has 1 fully saturated rings. The Labute approximate surface area is 132 Å². The smallest absolute Gasteiger partial charge is 0.119 e. The summed E-state index contributed by atoms with van der Waals surface area (Å²) in [6.45, 7) is 3.26. The van der Waals surface area contributed by atoms with Gasteiger partial charge < -0.3 is 14.7 Å². The Morgan fingerprint density at radius 2 is 1.55 bits per heavy atom. The Balaban J connectivity index is 1.50. The third kappa shape index (κ3) is 4.09. The number of aliphatic hydroxyl groups excluding tert-OH is 1. The second kappa shape index (κ2) is 7.43. The Kier molecular flexibility index (Phi) is 5.09. The van der Waals surface area contributed by atoms with Gasteiger partial charge in [-0.15, -0.1) is 0 Å². The van der Waals surface area contributed by atoms with Crippen molar-refractivity contribution in [3.05, 3.63) is 54.6 Å². The molecule has 0 saturated carbocycles. The van der Waals surface area contributed by atoms with E-state index in [0.717, 1.165) is 18.8 Å². The number of β-amino-alcohol motifs (C(OH)–C–C–N with tert-alkyl or cyclic N) is 1. The molecular formula is C19H23NO2. The predicted octanol–water partition coefficient (Wildman–Crippen LogP) is 3.19. The van der Waals surface area contributed by atoms with Crippen LogP contribution in [-0.2, 0) is 0 Å². The second-order valence-electron chi connectivity index (χ2n) is 5.86. The third-order valence-electron chi connectivity index (χ3n) is 4.07. The summed E-state index contributed by atoms with van der Waals surface area (Å²) in [5, 5.41) is 10.0. The molecule has 3 heteroatoms. The summed E-state index contributed by atoms with van der Waals surface area (Å²) in [5.41, 5.74) is 2.37. The molecule has 2 aromatic carbocycles. The highest BCUT2D eigenvalue weighted by Gasteiger charge is 2.16. The largest absolute Gasteiger partial charge is 0.491 e. The van der Waals surface area contributed by atoms with Crippen molar-refractivity contribution in [3.8, 4) is 16.9 Å². The predicted molar refractivity (Wildman–Crippen MR) is 89.1 cm³/mol. The van der Waals surface area contributed by atoms with Gasteiger partial charge in [0.25, 0.3) is 0 Å². The van der Waals surface area contributed by atoms with Crippen LogP contribution in [0.2, 0.25) is 0 Å². The van der Waals surface area contributed by atoms with E-state index in [1.807, 2.05) is 30.3 Å². The van der Waals surface area contributed by atoms with Crippen LogP contribution in [0.1, 0.15) is 12.8 Å². The lowest BCUT2D eigenvalue weighted by atomic mass is 10.1. The summed E-state index contributed by atoms with van der Waals surface area (Å²) in [5.74, 6) is 0.806. The molecule has 0 spiro atoms. The van der Waals surface area contributed by atoms with Gasteiger partial charge in [-0.05, 0) is 49.2 Å². The van der Waals surface area contributed by atoms with Gasteiger partial charge in [0.1, 0.15) is 18.5 Å². The van der Waals surface area contributed by atoms with Gasteiger partial charge in [0.15, 0.2) is 0 Å². The van der Waals surface area contributed by atoms with Crippen LogP contribution < -0.4 is 4.74 Å². The van der Waals surface area contributed by atoms with Gasteiger partial charge in [0, 0.05) is 6.54 Å². The van der Waals surface area contributed by atoms with Crippen LogP contribution in [0.3, 0.4) is 0 Å². The fourth-order valence-corrected chi connectivity index (χ4v) is 2.88. The highest BCUT2D eigenvalue weighted by molar-refractivity contribution is 5.63. The number of hydrogen-bond donors (Lipinski definition) is 1. The molecule has 116 valence electrons. The zero-order valence-corrected chi connectivity index (χ0v) is 12.8. The van der Waals surface area contributed by atoms with Crippen LogP contribution in [0, 0.1) is 0 Å². The van der Waals surface area contributed by atoms with E-state index in [1.54, 1.807) is 0 Å². The second-order valence-corrected chi connectivity index (χ2v) is 5.86. The summed E-state index contributed by atoms with van der Waals surface area (Å²) in [4.78, 5) is 2.30. The van der Waals surface area contributed by atoms with Crippen LogP contribution in [-0.4, -0.2) is 42.4 Å². The number of ether oxygens (including phenoxy) is 1. The summed E-state index contributed by atoms with van der Waals surface area (Å²) >= 11 is 0. The van der Waals surface area contributed by atoms with Gasteiger partial charge in [-0.1, -0.05) is 42.5 Å². The van der Waals surface area contributed by atoms with Crippen LogP contribution in [0.25, 0.3) is 11.1 Å². The average Bonchev–Trinajstić information content (AvgIpc) is 3.07. The Morgan fingerprint density at radius 3 is 2.23 bits per heavy atom. The first-order valence-corrected chi connectivity index (χ1v) is 8.00. The maximum Gasteiger partial charge on any atom is 0.119 e. The molecule has 0 radical (unpaired) electrons. The fraction of sp³-hybridized carbons (Fsp3) is 0.368. The number of benzene rings is 2. The van der Waals surface area contributed by atoms with Crippen molar-refractivity contribution >= 4 is 0 Å². The maximum atomic E-state index is 10.0. The van der Waals surface area contributed by atoms with Crippen molar-refractivity contribution in [2.75, 3.05) is 26.2 Å². The van der Waals surface area contributed by atoms with Gasteiger partial charge in [0.05, 0.1) is 0 Å². The Bertz CT molecular complexity index is 562. The number of nitrogens with zero attached hydrogens (tertiary/aromatic N) is 1. The highest BCUT2D eigenvalue weighted by Crippen LogP contribution is 2.22. The molecule has 3 rings (SSSR count). The van der Waals surface area contributed by atoms with Crippen LogP contribution in [0.15, 0.2) is 54.6 Å². The Morgan fingerprint density at radius 1 is 0.909 bits per heavy atom. The van der Waals surface area contributed by atoms with Crippen LogP contribution >= 0.6 is 0 Å². The molecule has 0 amide bonds. The molecule has 1 saturated heterocycles. The number of rotatable bonds is 6. The molecular weight excluding hydrogens is 274 g/mol. The normalized spacial score (nSPS) is 16.6. The molecule has 22 heavy (non-hydrogen) atoms. The van der Waals surface area contributed by atoms with E-state index in [9.17, 15) is 5.11 Å². The number of likely N-dealkylation sites (tertiary alicyclic amines) is 1. The van der Waals surface area contributed by atoms with Gasteiger partial charge in [-0.3, -0.25) is 0 Å². The molecule has 0 aromatic heterocycles. The molecule has 1 heterocycles. The molecule has 0 aliphatic carbocycles.